The predicted octanol–water partition coefficient (Wildman–Crippen LogP) is 3.90. The van der Waals surface area contributed by atoms with Crippen molar-refractivity contribution in [2.45, 2.75) is 23.1 Å². The van der Waals surface area contributed by atoms with E-state index >= 15 is 0 Å². The molecule has 0 atom stereocenters. The zero-order valence-electron chi connectivity index (χ0n) is 19.3. The molecule has 0 aliphatic carbocycles. The summed E-state index contributed by atoms with van der Waals surface area (Å²) >= 11 is 6.38. The molecule has 1 heterocycles. The summed E-state index contributed by atoms with van der Waals surface area (Å²) < 4.78 is 53.8. The lowest BCUT2D eigenvalue weighted by Crippen LogP contribution is -2.29. The summed E-state index contributed by atoms with van der Waals surface area (Å²) in [7, 11) is -4.47. The van der Waals surface area contributed by atoms with Crippen LogP contribution in [0.25, 0.3) is 0 Å². The molecule has 1 N–H and O–H groups in total. The smallest absolute Gasteiger partial charge is 0.261 e. The highest BCUT2D eigenvalue weighted by Gasteiger charge is 2.29. The molecule has 1 aliphatic heterocycles. The average molecular weight is 534 g/mol. The van der Waals surface area contributed by atoms with Crippen molar-refractivity contribution in [2.75, 3.05) is 30.3 Å². The van der Waals surface area contributed by atoms with Gasteiger partial charge in [-0.1, -0.05) is 29.3 Å². The minimum absolute atomic E-state index is 0.0966. The molecule has 0 unspecified atom stereocenters. The van der Waals surface area contributed by atoms with Crippen molar-refractivity contribution in [1.82, 2.24) is 4.31 Å². The van der Waals surface area contributed by atoms with E-state index in [1.807, 2.05) is 6.92 Å². The number of nitrogens with one attached hydrogen (secondary N) is 1. The Morgan fingerprint density at radius 3 is 2.23 bits per heavy atom. The van der Waals surface area contributed by atoms with Crippen molar-refractivity contribution >= 4 is 48.9 Å². The van der Waals surface area contributed by atoms with Crippen molar-refractivity contribution in [3.8, 4) is 0 Å². The first-order valence-electron chi connectivity index (χ1n) is 10.7. The normalized spacial score (nSPS) is 13.7. The van der Waals surface area contributed by atoms with Gasteiger partial charge in [0, 0.05) is 26.3 Å². The third-order valence-corrected chi connectivity index (χ3v) is 9.27. The van der Waals surface area contributed by atoms with Crippen molar-refractivity contribution in [3.05, 3.63) is 82.4 Å². The van der Waals surface area contributed by atoms with Crippen LogP contribution >= 0.6 is 11.6 Å². The van der Waals surface area contributed by atoms with Crippen molar-refractivity contribution in [3.63, 3.8) is 0 Å². The Morgan fingerprint density at radius 2 is 1.60 bits per heavy atom. The lowest BCUT2D eigenvalue weighted by atomic mass is 10.1. The van der Waals surface area contributed by atoms with E-state index in [-0.39, 0.29) is 32.0 Å². The van der Waals surface area contributed by atoms with Gasteiger partial charge in [0.15, 0.2) is 0 Å². The number of hydrogen-bond donors (Lipinski definition) is 1. The number of benzene rings is 3. The molecule has 0 radical (unpaired) electrons. The number of halogens is 1. The van der Waals surface area contributed by atoms with Crippen LogP contribution in [0.2, 0.25) is 5.02 Å². The number of rotatable bonds is 6. The fourth-order valence-corrected chi connectivity index (χ4v) is 6.05. The van der Waals surface area contributed by atoms with E-state index in [1.165, 1.54) is 50.5 Å². The molecule has 1 aliphatic rings. The Kier molecular flexibility index (Phi) is 6.67. The number of aryl methyl sites for hydroxylation is 1. The monoisotopic (exact) mass is 533 g/mol. The molecule has 0 aromatic heterocycles. The van der Waals surface area contributed by atoms with Gasteiger partial charge < -0.3 is 4.90 Å². The number of sulfonamides is 2. The Labute approximate surface area is 210 Å². The van der Waals surface area contributed by atoms with Crippen LogP contribution in [0.4, 0.5) is 11.4 Å². The van der Waals surface area contributed by atoms with Gasteiger partial charge in [-0.25, -0.2) is 21.1 Å². The molecule has 1 amide bonds. The first kappa shape index (κ1) is 25.2. The quantitative estimate of drug-likeness (QED) is 0.517. The van der Waals surface area contributed by atoms with Gasteiger partial charge in [-0.15, -0.1) is 0 Å². The van der Waals surface area contributed by atoms with E-state index < -0.39 is 20.0 Å². The number of fused-ring (bicyclic) bond motifs is 1. The molecule has 184 valence electrons. The first-order chi connectivity index (χ1) is 16.4. The second-order valence-electron chi connectivity index (χ2n) is 8.40. The van der Waals surface area contributed by atoms with Crippen LogP contribution in [0.5, 0.6) is 0 Å². The van der Waals surface area contributed by atoms with Gasteiger partial charge in [-0.3, -0.25) is 9.52 Å². The standard InChI is InChI=1S/C24H24ClN3O5S2/c1-16-4-7-19(8-5-16)34(30,31)26-18-6-10-21(22(25)15-18)24(29)28-13-12-17-14-20(9-11-23(17)28)35(32,33)27(2)3/h4-11,14-15,26H,12-13H2,1-3H3. The summed E-state index contributed by atoms with van der Waals surface area (Å²) in [5.41, 5.74) is 2.75. The van der Waals surface area contributed by atoms with Gasteiger partial charge in [-0.05, 0) is 67.4 Å². The van der Waals surface area contributed by atoms with E-state index in [4.69, 9.17) is 11.6 Å². The minimum atomic E-state index is -3.81. The zero-order valence-corrected chi connectivity index (χ0v) is 21.7. The molecule has 3 aromatic carbocycles. The molecular weight excluding hydrogens is 510 g/mol. The molecule has 0 saturated heterocycles. The zero-order chi connectivity index (χ0) is 25.5. The maximum atomic E-state index is 13.2. The van der Waals surface area contributed by atoms with Crippen molar-refractivity contribution in [2.24, 2.45) is 0 Å². The second-order valence-corrected chi connectivity index (χ2v) is 12.6. The second kappa shape index (κ2) is 9.27. The summed E-state index contributed by atoms with van der Waals surface area (Å²) in [5, 5.41) is 0.0966. The summed E-state index contributed by atoms with van der Waals surface area (Å²) in [6.07, 6.45) is 0.504. The van der Waals surface area contributed by atoms with Gasteiger partial charge >= 0.3 is 0 Å². The lowest BCUT2D eigenvalue weighted by Gasteiger charge is -2.19. The molecule has 0 saturated carbocycles. The number of carbonyl (C=O) groups excluding carboxylic acids is 1. The van der Waals surface area contributed by atoms with Crippen LogP contribution in [0, 0.1) is 6.92 Å². The Balaban J connectivity index is 1.56. The minimum Gasteiger partial charge on any atom is -0.308 e. The number of amides is 1. The predicted molar refractivity (Wildman–Crippen MR) is 136 cm³/mol. The Hall–Kier alpha value is -2.92. The maximum absolute atomic E-state index is 13.2. The van der Waals surface area contributed by atoms with Crippen LogP contribution in [-0.2, 0) is 26.5 Å². The molecule has 3 aromatic rings. The summed E-state index contributed by atoms with van der Waals surface area (Å²) in [5.74, 6) is -0.357. The Morgan fingerprint density at radius 1 is 0.943 bits per heavy atom. The molecule has 0 fully saturated rings. The lowest BCUT2D eigenvalue weighted by molar-refractivity contribution is 0.0989. The highest BCUT2D eigenvalue weighted by molar-refractivity contribution is 7.92. The highest BCUT2D eigenvalue weighted by atomic mass is 35.5. The maximum Gasteiger partial charge on any atom is 0.261 e. The van der Waals surface area contributed by atoms with Crippen molar-refractivity contribution in [1.29, 1.82) is 0 Å². The van der Waals surface area contributed by atoms with Crippen LogP contribution < -0.4 is 9.62 Å². The third-order valence-electron chi connectivity index (χ3n) is 5.75. The van der Waals surface area contributed by atoms with Gasteiger partial charge in [0.1, 0.15) is 0 Å². The third kappa shape index (κ3) is 4.92. The van der Waals surface area contributed by atoms with Crippen LogP contribution in [0.15, 0.2) is 70.5 Å². The molecular formula is C24H24ClN3O5S2. The van der Waals surface area contributed by atoms with Gasteiger partial charge in [0.25, 0.3) is 15.9 Å². The summed E-state index contributed by atoms with van der Waals surface area (Å²) in [6, 6.07) is 15.5. The fourth-order valence-electron chi connectivity index (χ4n) is 3.79. The van der Waals surface area contributed by atoms with Crippen LogP contribution in [-0.4, -0.2) is 47.7 Å². The van der Waals surface area contributed by atoms with Gasteiger partial charge in [-0.2, -0.15) is 0 Å². The Bertz CT molecular complexity index is 1520. The molecule has 8 nitrogen and oxygen atoms in total. The van der Waals surface area contributed by atoms with E-state index in [0.717, 1.165) is 15.4 Å². The SMILES string of the molecule is Cc1ccc(S(=O)(=O)Nc2ccc(C(=O)N3CCc4cc(S(=O)(=O)N(C)C)ccc43)c(Cl)c2)cc1. The van der Waals surface area contributed by atoms with Gasteiger partial charge in [0.2, 0.25) is 10.0 Å². The molecule has 35 heavy (non-hydrogen) atoms. The molecule has 11 heteroatoms. The largest absolute Gasteiger partial charge is 0.308 e. The summed E-state index contributed by atoms with van der Waals surface area (Å²) in [6.45, 7) is 2.24. The topological polar surface area (TPSA) is 104 Å². The molecule has 0 bridgehead atoms. The molecule has 0 spiro atoms. The van der Waals surface area contributed by atoms with E-state index in [1.54, 1.807) is 29.2 Å². The van der Waals surface area contributed by atoms with E-state index in [0.29, 0.717) is 18.7 Å². The number of hydrogen-bond acceptors (Lipinski definition) is 5. The van der Waals surface area contributed by atoms with E-state index in [2.05, 4.69) is 4.72 Å². The highest BCUT2D eigenvalue weighted by Crippen LogP contribution is 2.33. The molecule has 4 rings (SSSR count). The van der Waals surface area contributed by atoms with Crippen LogP contribution in [0.3, 0.4) is 0 Å². The average Bonchev–Trinajstić information content (AvgIpc) is 3.22. The first-order valence-corrected chi connectivity index (χ1v) is 14.0. The number of anilines is 2. The fraction of sp³-hybridized carbons (Fsp3) is 0.208. The van der Waals surface area contributed by atoms with Gasteiger partial charge in [0.05, 0.1) is 26.1 Å². The van der Waals surface area contributed by atoms with E-state index in [9.17, 15) is 21.6 Å². The van der Waals surface area contributed by atoms with Crippen molar-refractivity contribution < 1.29 is 21.6 Å². The van der Waals surface area contributed by atoms with Crippen LogP contribution in [0.1, 0.15) is 21.5 Å². The number of carbonyl (C=O) groups is 1. The summed E-state index contributed by atoms with van der Waals surface area (Å²) in [4.78, 5) is 15.1. The number of nitrogens with zero attached hydrogens (tertiary/aromatic N) is 2.